The van der Waals surface area contributed by atoms with Gasteiger partial charge in [0, 0.05) is 23.3 Å². The number of hydrogen-bond acceptors (Lipinski definition) is 5. The van der Waals surface area contributed by atoms with Crippen LogP contribution in [0.25, 0.3) is 22.3 Å². The van der Waals surface area contributed by atoms with Gasteiger partial charge in [0.05, 0.1) is 30.4 Å². The zero-order chi connectivity index (χ0) is 17.2. The number of aliphatic hydroxyl groups is 1. The second kappa shape index (κ2) is 6.65. The van der Waals surface area contributed by atoms with Crippen LogP contribution in [0, 0.1) is 17.2 Å². The molecule has 1 atom stereocenters. The van der Waals surface area contributed by atoms with Crippen molar-refractivity contribution in [3.8, 4) is 17.3 Å². The minimum Gasteiger partial charge on any atom is -0.376 e. The summed E-state index contributed by atoms with van der Waals surface area (Å²) in [5.74, 6) is 0.522. The first-order chi connectivity index (χ1) is 12.3. The fourth-order valence-electron chi connectivity index (χ4n) is 3.90. The third-order valence-corrected chi connectivity index (χ3v) is 5.17. The lowest BCUT2D eigenvalue weighted by molar-refractivity contribution is 0.215. The van der Waals surface area contributed by atoms with Crippen molar-refractivity contribution in [1.29, 1.82) is 5.26 Å². The highest BCUT2D eigenvalue weighted by atomic mass is 16.3. The number of aliphatic hydroxyl groups excluding tert-OH is 1. The molecule has 3 aromatic heterocycles. The summed E-state index contributed by atoms with van der Waals surface area (Å²) in [7, 11) is 0. The summed E-state index contributed by atoms with van der Waals surface area (Å²) in [6.07, 6.45) is 12.4. The molecule has 1 unspecified atom stereocenters. The number of nitrogens with zero attached hydrogens (tertiary/aromatic N) is 6. The van der Waals surface area contributed by atoms with Crippen molar-refractivity contribution in [1.82, 2.24) is 24.3 Å². The van der Waals surface area contributed by atoms with Gasteiger partial charge in [-0.05, 0) is 24.8 Å². The minimum atomic E-state index is -0.120. The molecule has 7 nitrogen and oxygen atoms in total. The summed E-state index contributed by atoms with van der Waals surface area (Å²) in [5.41, 5.74) is 2.40. The van der Waals surface area contributed by atoms with Crippen molar-refractivity contribution in [2.45, 2.75) is 44.9 Å². The fourth-order valence-corrected chi connectivity index (χ4v) is 3.90. The van der Waals surface area contributed by atoms with E-state index >= 15 is 0 Å². The Balaban J connectivity index is 1.71. The van der Waals surface area contributed by atoms with Gasteiger partial charge in [-0.2, -0.15) is 10.4 Å². The number of hydrogen-bond donors (Lipinski definition) is 1. The predicted molar refractivity (Wildman–Crippen MR) is 92.2 cm³/mol. The van der Waals surface area contributed by atoms with Crippen LogP contribution in [-0.2, 0) is 6.73 Å². The molecule has 1 aliphatic carbocycles. The van der Waals surface area contributed by atoms with E-state index < -0.39 is 0 Å². The number of aromatic nitrogens is 5. The summed E-state index contributed by atoms with van der Waals surface area (Å²) in [4.78, 5) is 8.67. The molecule has 0 saturated heterocycles. The molecule has 3 heterocycles. The van der Waals surface area contributed by atoms with Gasteiger partial charge >= 0.3 is 0 Å². The van der Waals surface area contributed by atoms with Gasteiger partial charge in [-0.3, -0.25) is 4.68 Å². The lowest BCUT2D eigenvalue weighted by atomic mass is 9.96. The Bertz CT molecular complexity index is 915. The Morgan fingerprint density at radius 3 is 2.92 bits per heavy atom. The van der Waals surface area contributed by atoms with E-state index in [1.165, 1.54) is 32.0 Å². The van der Waals surface area contributed by atoms with Gasteiger partial charge in [0.1, 0.15) is 18.7 Å². The van der Waals surface area contributed by atoms with Gasteiger partial charge in [-0.25, -0.2) is 9.97 Å². The number of rotatable bonds is 5. The molecule has 1 saturated carbocycles. The molecule has 25 heavy (non-hydrogen) atoms. The van der Waals surface area contributed by atoms with Gasteiger partial charge in [0.25, 0.3) is 0 Å². The van der Waals surface area contributed by atoms with E-state index in [9.17, 15) is 10.4 Å². The predicted octanol–water partition coefficient (Wildman–Crippen LogP) is 2.89. The first kappa shape index (κ1) is 15.8. The molecule has 0 spiro atoms. The van der Waals surface area contributed by atoms with Crippen LogP contribution in [0.5, 0.6) is 0 Å². The summed E-state index contributed by atoms with van der Waals surface area (Å²) in [5, 5.41) is 24.0. The van der Waals surface area contributed by atoms with Crippen LogP contribution >= 0.6 is 0 Å². The van der Waals surface area contributed by atoms with Crippen LogP contribution in [0.4, 0.5) is 0 Å². The average molecular weight is 336 g/mol. The maximum absolute atomic E-state index is 9.40. The number of fused-ring (bicyclic) bond motifs is 1. The highest BCUT2D eigenvalue weighted by Gasteiger charge is 2.27. The Hall–Kier alpha value is -2.72. The Kier molecular flexibility index (Phi) is 4.20. The summed E-state index contributed by atoms with van der Waals surface area (Å²) in [6.45, 7) is -0.120. The molecule has 128 valence electrons. The molecule has 1 N–H and O–H groups in total. The van der Waals surface area contributed by atoms with Gasteiger partial charge in [-0.15, -0.1) is 0 Å². The van der Waals surface area contributed by atoms with E-state index in [4.69, 9.17) is 0 Å². The van der Waals surface area contributed by atoms with Crippen LogP contribution in [0.1, 0.15) is 38.1 Å². The van der Waals surface area contributed by atoms with Crippen LogP contribution in [0.2, 0.25) is 0 Å². The van der Waals surface area contributed by atoms with Crippen molar-refractivity contribution in [2.24, 2.45) is 5.92 Å². The van der Waals surface area contributed by atoms with Crippen LogP contribution < -0.4 is 0 Å². The van der Waals surface area contributed by atoms with Gasteiger partial charge in [0.2, 0.25) is 0 Å². The quantitative estimate of drug-likeness (QED) is 0.773. The first-order valence-corrected chi connectivity index (χ1v) is 8.64. The molecule has 4 rings (SSSR count). The van der Waals surface area contributed by atoms with Crippen LogP contribution in [-0.4, -0.2) is 29.4 Å². The van der Waals surface area contributed by atoms with Crippen LogP contribution in [0.15, 0.2) is 31.0 Å². The smallest absolute Gasteiger partial charge is 0.145 e. The molecule has 1 aliphatic rings. The SMILES string of the molecule is N#CCC(C1CCCC1)n1cc(-c2ncnc3c2ccn3CO)cn1. The third kappa shape index (κ3) is 2.79. The van der Waals surface area contributed by atoms with Crippen LogP contribution in [0.3, 0.4) is 0 Å². The third-order valence-electron chi connectivity index (χ3n) is 5.17. The van der Waals surface area contributed by atoms with Crippen molar-refractivity contribution < 1.29 is 5.11 Å². The Morgan fingerprint density at radius 2 is 2.16 bits per heavy atom. The lowest BCUT2D eigenvalue weighted by Gasteiger charge is -2.21. The molecule has 1 fully saturated rings. The molecule has 0 radical (unpaired) electrons. The highest BCUT2D eigenvalue weighted by molar-refractivity contribution is 5.90. The molecular formula is C18H20N6O. The maximum Gasteiger partial charge on any atom is 0.145 e. The minimum absolute atomic E-state index is 0.120. The van der Waals surface area contributed by atoms with E-state index in [0.717, 1.165) is 16.6 Å². The van der Waals surface area contributed by atoms with E-state index in [1.807, 2.05) is 16.9 Å². The molecule has 0 aliphatic heterocycles. The number of nitriles is 1. The highest BCUT2D eigenvalue weighted by Crippen LogP contribution is 2.36. The monoisotopic (exact) mass is 336 g/mol. The van der Waals surface area contributed by atoms with Gasteiger partial charge in [0.15, 0.2) is 0 Å². The zero-order valence-corrected chi connectivity index (χ0v) is 13.9. The molecule has 0 aromatic carbocycles. The summed E-state index contributed by atoms with van der Waals surface area (Å²) in [6, 6.07) is 4.35. The fraction of sp³-hybridized carbons (Fsp3) is 0.444. The van der Waals surface area contributed by atoms with E-state index in [2.05, 4.69) is 21.1 Å². The molecular weight excluding hydrogens is 316 g/mol. The molecule has 7 heteroatoms. The Morgan fingerprint density at radius 1 is 1.32 bits per heavy atom. The van der Waals surface area contributed by atoms with Crippen molar-refractivity contribution in [3.05, 3.63) is 31.0 Å². The topological polar surface area (TPSA) is 92.5 Å². The maximum atomic E-state index is 9.40. The van der Waals surface area contributed by atoms with Crippen molar-refractivity contribution in [2.75, 3.05) is 0 Å². The molecule has 3 aromatic rings. The van der Waals surface area contributed by atoms with Crippen molar-refractivity contribution in [3.63, 3.8) is 0 Å². The molecule has 0 bridgehead atoms. The van der Waals surface area contributed by atoms with E-state index in [-0.39, 0.29) is 12.8 Å². The standard InChI is InChI=1S/C18H20N6O/c19-7-5-16(13-3-1-2-4-13)24-10-14(9-22-24)17-15-6-8-23(12-25)18(15)21-11-20-17/h6,8-11,13,16,25H,1-5,12H2. The summed E-state index contributed by atoms with van der Waals surface area (Å²) < 4.78 is 3.60. The van der Waals surface area contributed by atoms with Gasteiger partial charge in [-0.1, -0.05) is 12.8 Å². The van der Waals surface area contributed by atoms with Gasteiger partial charge < -0.3 is 9.67 Å². The zero-order valence-electron chi connectivity index (χ0n) is 13.9. The first-order valence-electron chi connectivity index (χ1n) is 8.64. The van der Waals surface area contributed by atoms with E-state index in [1.54, 1.807) is 17.0 Å². The van der Waals surface area contributed by atoms with Crippen molar-refractivity contribution >= 4 is 11.0 Å². The normalized spacial score (nSPS) is 16.3. The second-order valence-electron chi connectivity index (χ2n) is 6.57. The second-order valence-corrected chi connectivity index (χ2v) is 6.57. The molecule has 0 amide bonds. The van der Waals surface area contributed by atoms with E-state index in [0.29, 0.717) is 18.0 Å². The lowest BCUT2D eigenvalue weighted by Crippen LogP contribution is -2.17. The summed E-state index contributed by atoms with van der Waals surface area (Å²) >= 11 is 0. The largest absolute Gasteiger partial charge is 0.376 e. The average Bonchev–Trinajstić information content (AvgIpc) is 3.39. The Labute approximate surface area is 145 Å².